The van der Waals surface area contributed by atoms with Gasteiger partial charge in [0.05, 0.1) is 5.69 Å². The van der Waals surface area contributed by atoms with Crippen LogP contribution in [0.2, 0.25) is 0 Å². The van der Waals surface area contributed by atoms with Crippen molar-refractivity contribution in [3.8, 4) is 5.69 Å². The lowest BCUT2D eigenvalue weighted by atomic mass is 10.3. The van der Waals surface area contributed by atoms with E-state index in [9.17, 15) is 0 Å². The Hall–Kier alpha value is -2.23. The number of aromatic nitrogens is 4. The number of imidazole rings is 1. The zero-order valence-corrected chi connectivity index (χ0v) is 11.4. The molecule has 0 fully saturated rings. The van der Waals surface area contributed by atoms with Gasteiger partial charge in [-0.05, 0) is 26.0 Å². The van der Waals surface area contributed by atoms with Gasteiger partial charge >= 0.3 is 0 Å². The van der Waals surface area contributed by atoms with Crippen molar-refractivity contribution in [1.82, 2.24) is 19.5 Å². The SMILES string of the molecule is CCc1nc2c(C)nc(C)nc2n1-c1ccccc1. The van der Waals surface area contributed by atoms with Crippen LogP contribution in [-0.2, 0) is 6.42 Å². The molecule has 1 aromatic carbocycles. The standard InChI is InChI=1S/C15H16N4/c1-4-13-18-14-10(2)16-11(3)17-15(14)19(13)12-8-6-5-7-9-12/h5-9H,4H2,1-3H3. The average molecular weight is 252 g/mol. The highest BCUT2D eigenvalue weighted by atomic mass is 15.2. The summed E-state index contributed by atoms with van der Waals surface area (Å²) in [5, 5.41) is 0. The molecular weight excluding hydrogens is 236 g/mol. The van der Waals surface area contributed by atoms with Gasteiger partial charge in [0.2, 0.25) is 0 Å². The van der Waals surface area contributed by atoms with Crippen molar-refractivity contribution in [2.45, 2.75) is 27.2 Å². The number of hydrogen-bond donors (Lipinski definition) is 0. The highest BCUT2D eigenvalue weighted by Gasteiger charge is 2.15. The van der Waals surface area contributed by atoms with E-state index in [1.807, 2.05) is 32.0 Å². The van der Waals surface area contributed by atoms with E-state index in [2.05, 4.69) is 38.6 Å². The molecule has 96 valence electrons. The van der Waals surface area contributed by atoms with E-state index in [1.54, 1.807) is 0 Å². The minimum atomic E-state index is 0.782. The lowest BCUT2D eigenvalue weighted by Gasteiger charge is -2.07. The molecule has 3 rings (SSSR count). The molecular formula is C15H16N4. The second-order valence-electron chi connectivity index (χ2n) is 4.58. The number of aryl methyl sites for hydroxylation is 3. The minimum Gasteiger partial charge on any atom is -0.281 e. The Balaban J connectivity index is 2.39. The van der Waals surface area contributed by atoms with E-state index in [0.717, 1.165) is 40.6 Å². The summed E-state index contributed by atoms with van der Waals surface area (Å²) >= 11 is 0. The molecule has 0 saturated carbocycles. The van der Waals surface area contributed by atoms with Gasteiger partial charge < -0.3 is 0 Å². The second-order valence-corrected chi connectivity index (χ2v) is 4.58. The van der Waals surface area contributed by atoms with Crippen molar-refractivity contribution in [2.24, 2.45) is 0 Å². The smallest absolute Gasteiger partial charge is 0.168 e. The van der Waals surface area contributed by atoms with Crippen molar-refractivity contribution in [2.75, 3.05) is 0 Å². The third-order valence-electron chi connectivity index (χ3n) is 3.19. The van der Waals surface area contributed by atoms with E-state index in [1.165, 1.54) is 0 Å². The van der Waals surface area contributed by atoms with Crippen molar-refractivity contribution in [3.63, 3.8) is 0 Å². The molecule has 2 aromatic heterocycles. The van der Waals surface area contributed by atoms with Crippen LogP contribution >= 0.6 is 0 Å². The Labute approximate surface area is 112 Å². The van der Waals surface area contributed by atoms with Gasteiger partial charge in [-0.25, -0.2) is 15.0 Å². The number of rotatable bonds is 2. The van der Waals surface area contributed by atoms with Crippen molar-refractivity contribution >= 4 is 11.2 Å². The van der Waals surface area contributed by atoms with Crippen LogP contribution in [-0.4, -0.2) is 19.5 Å². The number of benzene rings is 1. The molecule has 0 bridgehead atoms. The predicted octanol–water partition coefficient (Wildman–Crippen LogP) is 2.99. The van der Waals surface area contributed by atoms with Crippen molar-refractivity contribution < 1.29 is 0 Å². The molecule has 19 heavy (non-hydrogen) atoms. The van der Waals surface area contributed by atoms with E-state index < -0.39 is 0 Å². The first-order chi connectivity index (χ1) is 9.20. The lowest BCUT2D eigenvalue weighted by Crippen LogP contribution is -2.01. The molecule has 0 N–H and O–H groups in total. The molecule has 2 heterocycles. The maximum absolute atomic E-state index is 4.69. The van der Waals surface area contributed by atoms with Gasteiger partial charge in [-0.2, -0.15) is 0 Å². The predicted molar refractivity (Wildman–Crippen MR) is 75.5 cm³/mol. The minimum absolute atomic E-state index is 0.782. The first-order valence-corrected chi connectivity index (χ1v) is 6.48. The molecule has 0 radical (unpaired) electrons. The van der Waals surface area contributed by atoms with Gasteiger partial charge in [-0.3, -0.25) is 4.57 Å². The molecule has 4 heteroatoms. The average Bonchev–Trinajstić information content (AvgIpc) is 2.78. The molecule has 4 nitrogen and oxygen atoms in total. The van der Waals surface area contributed by atoms with E-state index in [0.29, 0.717) is 0 Å². The zero-order valence-electron chi connectivity index (χ0n) is 11.4. The highest BCUT2D eigenvalue weighted by molar-refractivity contribution is 5.76. The summed E-state index contributed by atoms with van der Waals surface area (Å²) in [4.78, 5) is 13.7. The summed E-state index contributed by atoms with van der Waals surface area (Å²) in [5.41, 5.74) is 3.82. The van der Waals surface area contributed by atoms with Gasteiger partial charge in [0.15, 0.2) is 5.65 Å². The molecule has 0 unspecified atom stereocenters. The van der Waals surface area contributed by atoms with Crippen LogP contribution in [0.4, 0.5) is 0 Å². The highest BCUT2D eigenvalue weighted by Crippen LogP contribution is 2.22. The van der Waals surface area contributed by atoms with Crippen molar-refractivity contribution in [3.05, 3.63) is 47.7 Å². The summed E-state index contributed by atoms with van der Waals surface area (Å²) in [5.74, 6) is 1.80. The molecule has 0 aliphatic heterocycles. The normalized spacial score (nSPS) is 11.1. The summed E-state index contributed by atoms with van der Waals surface area (Å²) in [6.45, 7) is 6.01. The first kappa shape index (κ1) is 11.8. The number of fused-ring (bicyclic) bond motifs is 1. The fourth-order valence-corrected chi connectivity index (χ4v) is 2.36. The quantitative estimate of drug-likeness (QED) is 0.704. The van der Waals surface area contributed by atoms with Gasteiger partial charge in [-0.15, -0.1) is 0 Å². The Morgan fingerprint density at radius 1 is 1.00 bits per heavy atom. The van der Waals surface area contributed by atoms with Gasteiger partial charge in [0.25, 0.3) is 0 Å². The summed E-state index contributed by atoms with van der Waals surface area (Å²) < 4.78 is 2.12. The monoisotopic (exact) mass is 252 g/mol. The van der Waals surface area contributed by atoms with Gasteiger partial charge in [0.1, 0.15) is 17.2 Å². The topological polar surface area (TPSA) is 43.6 Å². The maximum atomic E-state index is 4.69. The Morgan fingerprint density at radius 2 is 1.74 bits per heavy atom. The van der Waals surface area contributed by atoms with Crippen LogP contribution in [0, 0.1) is 13.8 Å². The first-order valence-electron chi connectivity index (χ1n) is 6.48. The molecule has 0 saturated heterocycles. The van der Waals surface area contributed by atoms with Crippen molar-refractivity contribution in [1.29, 1.82) is 0 Å². The second kappa shape index (κ2) is 4.46. The number of para-hydroxylation sites is 1. The number of hydrogen-bond acceptors (Lipinski definition) is 3. The van der Waals surface area contributed by atoms with Crippen LogP contribution in [0.25, 0.3) is 16.9 Å². The maximum Gasteiger partial charge on any atom is 0.168 e. The zero-order chi connectivity index (χ0) is 13.4. The van der Waals surface area contributed by atoms with Crippen LogP contribution in [0.5, 0.6) is 0 Å². The van der Waals surface area contributed by atoms with Crippen LogP contribution in [0.3, 0.4) is 0 Å². The molecule has 0 aliphatic carbocycles. The number of nitrogens with zero attached hydrogens (tertiary/aromatic N) is 4. The molecule has 0 amide bonds. The Morgan fingerprint density at radius 3 is 2.42 bits per heavy atom. The largest absolute Gasteiger partial charge is 0.281 e. The Kier molecular flexibility index (Phi) is 2.78. The molecule has 0 atom stereocenters. The summed E-state index contributed by atoms with van der Waals surface area (Å²) in [7, 11) is 0. The fraction of sp³-hybridized carbons (Fsp3) is 0.267. The van der Waals surface area contributed by atoms with E-state index >= 15 is 0 Å². The molecule has 3 aromatic rings. The molecule has 0 spiro atoms. The third-order valence-corrected chi connectivity index (χ3v) is 3.19. The Bertz CT molecular complexity index is 729. The summed E-state index contributed by atoms with van der Waals surface area (Å²) in [6.07, 6.45) is 0.865. The van der Waals surface area contributed by atoms with Gasteiger partial charge in [-0.1, -0.05) is 25.1 Å². The summed E-state index contributed by atoms with van der Waals surface area (Å²) in [6, 6.07) is 10.2. The van der Waals surface area contributed by atoms with Crippen LogP contribution in [0.15, 0.2) is 30.3 Å². The molecule has 0 aliphatic rings. The van der Waals surface area contributed by atoms with Crippen LogP contribution in [0.1, 0.15) is 24.3 Å². The third kappa shape index (κ3) is 1.89. The van der Waals surface area contributed by atoms with E-state index in [-0.39, 0.29) is 0 Å². The lowest BCUT2D eigenvalue weighted by molar-refractivity contribution is 0.898. The van der Waals surface area contributed by atoms with E-state index in [4.69, 9.17) is 0 Å². The fourth-order valence-electron chi connectivity index (χ4n) is 2.36. The van der Waals surface area contributed by atoms with Gasteiger partial charge in [0, 0.05) is 12.1 Å². The van der Waals surface area contributed by atoms with Crippen LogP contribution < -0.4 is 0 Å².